The molecule has 0 saturated heterocycles. The van der Waals surface area contributed by atoms with E-state index in [4.69, 9.17) is 14.2 Å². The molecule has 0 spiro atoms. The van der Waals surface area contributed by atoms with Gasteiger partial charge >= 0.3 is 5.97 Å². The van der Waals surface area contributed by atoms with E-state index in [1.165, 1.54) is 25.9 Å². The Hall–Kier alpha value is -2.97. The summed E-state index contributed by atoms with van der Waals surface area (Å²) in [6.07, 6.45) is 8.50. The van der Waals surface area contributed by atoms with Gasteiger partial charge in [-0.05, 0) is 50.3 Å². The van der Waals surface area contributed by atoms with E-state index in [1.807, 2.05) is 19.1 Å². The summed E-state index contributed by atoms with van der Waals surface area (Å²) in [6, 6.07) is 5.96. The predicted molar refractivity (Wildman–Crippen MR) is 121 cm³/mol. The Labute approximate surface area is 193 Å². The highest BCUT2D eigenvalue weighted by atomic mass is 16.5. The third-order valence-electron chi connectivity index (χ3n) is 6.48. The van der Waals surface area contributed by atoms with E-state index in [9.17, 15) is 14.8 Å². The van der Waals surface area contributed by atoms with Crippen molar-refractivity contribution in [3.8, 4) is 11.5 Å². The molecule has 4 rings (SSSR count). The number of hydrogen-bond donors (Lipinski definition) is 1. The van der Waals surface area contributed by atoms with Crippen molar-refractivity contribution in [3.05, 3.63) is 53.0 Å². The van der Waals surface area contributed by atoms with Crippen LogP contribution in [0.1, 0.15) is 67.3 Å². The van der Waals surface area contributed by atoms with E-state index in [2.05, 4.69) is 4.98 Å². The van der Waals surface area contributed by atoms with Gasteiger partial charge < -0.3 is 24.5 Å². The number of aromatic nitrogens is 1. The molecule has 1 aliphatic heterocycles. The van der Waals surface area contributed by atoms with Gasteiger partial charge in [0.25, 0.3) is 0 Å². The largest absolute Gasteiger partial charge is 0.628 e. The summed E-state index contributed by atoms with van der Waals surface area (Å²) in [5.41, 5.74) is 1.30. The van der Waals surface area contributed by atoms with Crippen LogP contribution in [0.2, 0.25) is 0 Å². The molecule has 1 N–H and O–H groups in total. The highest BCUT2D eigenvalue weighted by Gasteiger charge is 2.45. The monoisotopic (exact) mass is 454 g/mol. The zero-order chi connectivity index (χ0) is 23.4. The maximum Gasteiger partial charge on any atom is 0.306 e. The molecular formula is C25H30N2O6. The topological polar surface area (TPSA) is 102 Å². The van der Waals surface area contributed by atoms with Crippen LogP contribution >= 0.6 is 0 Å². The molecule has 2 aromatic rings. The van der Waals surface area contributed by atoms with Gasteiger partial charge in [-0.2, -0.15) is 0 Å². The van der Waals surface area contributed by atoms with Crippen molar-refractivity contribution in [3.63, 3.8) is 0 Å². The number of hydroxylamine groups is 1. The van der Waals surface area contributed by atoms with Crippen LogP contribution in [0.5, 0.6) is 11.5 Å². The van der Waals surface area contributed by atoms with Crippen LogP contribution in [0, 0.1) is 5.21 Å². The molecule has 176 valence electrons. The van der Waals surface area contributed by atoms with Gasteiger partial charge in [-0.3, -0.25) is 14.6 Å². The van der Waals surface area contributed by atoms with E-state index in [-0.39, 0.29) is 23.4 Å². The number of esters is 1. The van der Waals surface area contributed by atoms with Gasteiger partial charge in [0, 0.05) is 18.5 Å². The van der Waals surface area contributed by atoms with Crippen molar-refractivity contribution < 1.29 is 28.9 Å². The zero-order valence-corrected chi connectivity index (χ0v) is 19.0. The number of methoxy groups -OCH3 is 1. The molecule has 2 aliphatic rings. The maximum atomic E-state index is 13.2. The molecule has 0 amide bonds. The number of carbonyl (C=O) groups excluding carboxylic acids is 2. The first-order chi connectivity index (χ1) is 16.0. The average molecular weight is 455 g/mol. The van der Waals surface area contributed by atoms with Crippen molar-refractivity contribution in [2.24, 2.45) is 0 Å². The van der Waals surface area contributed by atoms with Crippen LogP contribution in [0.25, 0.3) is 0 Å². The summed E-state index contributed by atoms with van der Waals surface area (Å²) < 4.78 is 17.0. The number of Topliss-reactive ketones (excluding diaryl/α,β-unsaturated/α-hetero) is 1. The molecule has 3 atom stereocenters. The first kappa shape index (κ1) is 23.2. The molecule has 0 radical (unpaired) electrons. The van der Waals surface area contributed by atoms with E-state index >= 15 is 0 Å². The van der Waals surface area contributed by atoms with Crippen LogP contribution in [-0.4, -0.2) is 42.6 Å². The zero-order valence-electron chi connectivity index (χ0n) is 19.0. The van der Waals surface area contributed by atoms with Crippen molar-refractivity contribution in [2.75, 3.05) is 13.7 Å². The summed E-state index contributed by atoms with van der Waals surface area (Å²) in [4.78, 5) is 29.4. The molecule has 1 saturated carbocycles. The van der Waals surface area contributed by atoms with Crippen molar-refractivity contribution in [2.45, 2.75) is 63.5 Å². The molecule has 3 unspecified atom stereocenters. The smallest absolute Gasteiger partial charge is 0.306 e. The first-order valence-corrected chi connectivity index (χ1v) is 11.6. The summed E-state index contributed by atoms with van der Waals surface area (Å²) in [5.74, 6) is -0.311. The fourth-order valence-corrected chi connectivity index (χ4v) is 4.80. The second-order valence-electron chi connectivity index (χ2n) is 8.53. The van der Waals surface area contributed by atoms with Gasteiger partial charge in [0.2, 0.25) is 5.78 Å². The lowest BCUT2D eigenvalue weighted by atomic mass is 9.86. The molecule has 33 heavy (non-hydrogen) atoms. The minimum absolute atomic E-state index is 0.103. The van der Waals surface area contributed by atoms with Crippen LogP contribution in [0.15, 0.2) is 36.7 Å². The molecule has 0 bridgehead atoms. The molecule has 8 nitrogen and oxygen atoms in total. The Bertz CT molecular complexity index is 1000. The predicted octanol–water partition coefficient (Wildman–Crippen LogP) is 3.12. The van der Waals surface area contributed by atoms with Gasteiger partial charge in [0.05, 0.1) is 32.2 Å². The van der Waals surface area contributed by atoms with Gasteiger partial charge in [0.15, 0.2) is 17.5 Å². The van der Waals surface area contributed by atoms with Gasteiger partial charge in [-0.15, -0.1) is 0 Å². The average Bonchev–Trinajstić information content (AvgIpc) is 3.09. The number of hydrogen-bond acceptors (Lipinski definition) is 7. The van der Waals surface area contributed by atoms with Crippen molar-refractivity contribution in [1.82, 2.24) is 4.98 Å². The van der Waals surface area contributed by atoms with Crippen molar-refractivity contribution >= 4 is 17.4 Å². The fraction of sp³-hybridized carbons (Fsp3) is 0.480. The van der Waals surface area contributed by atoms with Crippen LogP contribution in [0.4, 0.5) is 5.69 Å². The van der Waals surface area contributed by atoms with E-state index in [1.54, 1.807) is 12.1 Å². The second-order valence-corrected chi connectivity index (χ2v) is 8.53. The number of ether oxygens (including phenoxy) is 3. The van der Waals surface area contributed by atoms with Gasteiger partial charge in [-0.1, -0.05) is 12.5 Å². The van der Waals surface area contributed by atoms with E-state index in [0.717, 1.165) is 25.7 Å². The molecular weight excluding hydrogens is 424 g/mol. The number of nitrogens with one attached hydrogen (secondary N) is 1. The quantitative estimate of drug-likeness (QED) is 0.483. The van der Waals surface area contributed by atoms with Crippen LogP contribution in [-0.2, 0) is 9.53 Å². The summed E-state index contributed by atoms with van der Waals surface area (Å²) >= 11 is 0. The summed E-state index contributed by atoms with van der Waals surface area (Å²) in [6.45, 7) is 2.32. The highest BCUT2D eigenvalue weighted by molar-refractivity contribution is 6.05. The molecule has 1 fully saturated rings. The first-order valence-electron chi connectivity index (χ1n) is 11.6. The van der Waals surface area contributed by atoms with Crippen molar-refractivity contribution in [1.29, 1.82) is 0 Å². The number of pyridine rings is 1. The normalized spacial score (nSPS) is 21.4. The lowest BCUT2D eigenvalue weighted by molar-refractivity contribution is -0.792. The number of quaternary nitrogens is 1. The number of benzene rings is 1. The SMILES string of the molecule is CCOc1cc(C(CC(=O)OC)C2C(=O)c3cnccc3[NH+]2[O-])ccc1OC1CCCCC1. The van der Waals surface area contributed by atoms with Gasteiger partial charge in [-0.25, -0.2) is 0 Å². The standard InChI is InChI=1S/C25H30N2O6/c1-3-32-22-13-16(9-10-21(22)33-17-7-5-4-6-8-17)18(14-23(28)31-2)24-25(29)19-15-26-12-11-20(19)27(24)30/h9-13,15,17-18,24,27H,3-8,14H2,1-2H3. The molecule has 8 heteroatoms. The third-order valence-corrected chi connectivity index (χ3v) is 6.48. The minimum atomic E-state index is -1.01. The lowest BCUT2D eigenvalue weighted by Crippen LogP contribution is -3.06. The van der Waals surface area contributed by atoms with Gasteiger partial charge in [0.1, 0.15) is 11.3 Å². The molecule has 2 heterocycles. The summed E-state index contributed by atoms with van der Waals surface area (Å²) in [7, 11) is 1.29. The Balaban J connectivity index is 1.68. The second kappa shape index (κ2) is 10.3. The molecule has 1 aromatic heterocycles. The Morgan fingerprint density at radius 1 is 1.21 bits per heavy atom. The minimum Gasteiger partial charge on any atom is -0.628 e. The number of fused-ring (bicyclic) bond motifs is 1. The van der Waals surface area contributed by atoms with Crippen LogP contribution < -0.4 is 14.5 Å². The Morgan fingerprint density at radius 2 is 2.00 bits per heavy atom. The number of ketones is 1. The number of carbonyl (C=O) groups is 2. The number of rotatable bonds is 8. The van der Waals surface area contributed by atoms with E-state index in [0.29, 0.717) is 34.9 Å². The highest BCUT2D eigenvalue weighted by Crippen LogP contribution is 2.37. The number of nitrogens with zero attached hydrogens (tertiary/aromatic N) is 1. The summed E-state index contributed by atoms with van der Waals surface area (Å²) in [5, 5.41) is 12.9. The fourth-order valence-electron chi connectivity index (χ4n) is 4.80. The van der Waals surface area contributed by atoms with Crippen LogP contribution in [0.3, 0.4) is 0 Å². The lowest BCUT2D eigenvalue weighted by Gasteiger charge is -2.30. The molecule has 1 aliphatic carbocycles. The molecule has 1 aromatic carbocycles. The van der Waals surface area contributed by atoms with E-state index < -0.39 is 17.9 Å². The maximum absolute atomic E-state index is 13.2. The Kier molecular flexibility index (Phi) is 7.25. The third kappa shape index (κ3) is 4.86. The Morgan fingerprint density at radius 3 is 2.70 bits per heavy atom.